The number of benzene rings is 2. The average Bonchev–Trinajstić information content (AvgIpc) is 2.91. The normalized spacial score (nSPS) is 28.1. The number of hydrogen-bond donors (Lipinski definition) is 0. The molecule has 136 valence electrons. The molecule has 3 nitrogen and oxygen atoms in total. The van der Waals surface area contributed by atoms with E-state index < -0.39 is 0 Å². The van der Waals surface area contributed by atoms with Gasteiger partial charge in [-0.15, -0.1) is 0 Å². The number of piperidine rings is 1. The number of ether oxygens (including phenoxy) is 1. The van der Waals surface area contributed by atoms with Gasteiger partial charge in [-0.2, -0.15) is 0 Å². The first-order valence-corrected chi connectivity index (χ1v) is 9.33. The molecule has 2 heterocycles. The molecule has 2 aromatic carbocycles. The third-order valence-electron chi connectivity index (χ3n) is 6.15. The van der Waals surface area contributed by atoms with E-state index in [0.717, 1.165) is 18.4 Å². The fourth-order valence-electron chi connectivity index (χ4n) is 4.73. The van der Waals surface area contributed by atoms with Crippen molar-refractivity contribution in [2.75, 3.05) is 13.7 Å². The molecule has 0 spiro atoms. The van der Waals surface area contributed by atoms with Crippen molar-refractivity contribution < 1.29 is 13.9 Å². The minimum atomic E-state index is -0.272. The summed E-state index contributed by atoms with van der Waals surface area (Å²) in [5, 5.41) is 0. The van der Waals surface area contributed by atoms with E-state index in [0.29, 0.717) is 30.2 Å². The largest absolute Gasteiger partial charge is 0.462 e. The summed E-state index contributed by atoms with van der Waals surface area (Å²) in [5.74, 6) is 0.0488. The summed E-state index contributed by atoms with van der Waals surface area (Å²) in [7, 11) is 2.18. The molecular weight excluding hydrogens is 329 g/mol. The molecule has 4 rings (SSSR count). The van der Waals surface area contributed by atoms with Crippen LogP contribution in [0.1, 0.15) is 41.1 Å². The van der Waals surface area contributed by atoms with Gasteiger partial charge in [0, 0.05) is 18.0 Å². The average molecular weight is 353 g/mol. The molecule has 2 aliphatic heterocycles. The highest BCUT2D eigenvalue weighted by Gasteiger charge is 2.46. The topological polar surface area (TPSA) is 29.5 Å². The van der Waals surface area contributed by atoms with Gasteiger partial charge in [0.2, 0.25) is 0 Å². The van der Waals surface area contributed by atoms with E-state index in [1.54, 1.807) is 12.1 Å². The molecule has 26 heavy (non-hydrogen) atoms. The summed E-state index contributed by atoms with van der Waals surface area (Å²) < 4.78 is 19.0. The van der Waals surface area contributed by atoms with E-state index in [-0.39, 0.29) is 17.7 Å². The van der Waals surface area contributed by atoms with E-state index in [4.69, 9.17) is 4.74 Å². The minimum Gasteiger partial charge on any atom is -0.462 e. The first-order valence-electron chi connectivity index (χ1n) is 9.33. The molecule has 0 aromatic heterocycles. The van der Waals surface area contributed by atoms with E-state index >= 15 is 0 Å². The molecule has 0 saturated carbocycles. The van der Waals surface area contributed by atoms with Crippen LogP contribution in [0.15, 0.2) is 54.6 Å². The first kappa shape index (κ1) is 17.2. The van der Waals surface area contributed by atoms with Crippen LogP contribution >= 0.6 is 0 Å². The fraction of sp³-hybridized carbons (Fsp3) is 0.409. The van der Waals surface area contributed by atoms with E-state index in [1.165, 1.54) is 18.6 Å². The van der Waals surface area contributed by atoms with Gasteiger partial charge in [0.25, 0.3) is 0 Å². The smallest absolute Gasteiger partial charge is 0.338 e. The van der Waals surface area contributed by atoms with Gasteiger partial charge in [-0.05, 0) is 62.1 Å². The van der Waals surface area contributed by atoms with Crippen molar-refractivity contribution in [1.29, 1.82) is 0 Å². The maximum Gasteiger partial charge on any atom is 0.338 e. The maximum atomic E-state index is 13.3. The Labute approximate surface area is 153 Å². The van der Waals surface area contributed by atoms with E-state index in [1.807, 2.05) is 30.3 Å². The molecule has 0 amide bonds. The van der Waals surface area contributed by atoms with Crippen LogP contribution < -0.4 is 0 Å². The zero-order valence-corrected chi connectivity index (χ0v) is 15.0. The summed E-state index contributed by atoms with van der Waals surface area (Å²) in [4.78, 5) is 14.8. The number of fused-ring (bicyclic) bond motifs is 2. The van der Waals surface area contributed by atoms with Crippen LogP contribution in [0.4, 0.5) is 4.39 Å². The standard InChI is InChI=1S/C22H24FNO2/c1-24-18-11-12-21(24)20(14-26-22(25)16-5-3-2-4-6-16)19(13-18)15-7-9-17(23)10-8-15/h2-10,18-21H,11-14H2,1H3/t18?,19-,20-,21+/m1/s1. The summed E-state index contributed by atoms with van der Waals surface area (Å²) in [6.45, 7) is 0.400. The van der Waals surface area contributed by atoms with Crippen molar-refractivity contribution in [3.63, 3.8) is 0 Å². The number of nitrogens with zero attached hydrogens (tertiary/aromatic N) is 1. The van der Waals surface area contributed by atoms with Crippen LogP contribution in [0, 0.1) is 11.7 Å². The number of hydrogen-bond acceptors (Lipinski definition) is 3. The molecule has 2 bridgehead atoms. The molecule has 2 aliphatic rings. The quantitative estimate of drug-likeness (QED) is 0.770. The summed E-state index contributed by atoms with van der Waals surface area (Å²) in [6, 6.07) is 16.9. The number of rotatable bonds is 4. The van der Waals surface area contributed by atoms with Crippen LogP contribution in [-0.4, -0.2) is 36.6 Å². The molecule has 1 unspecified atom stereocenters. The Morgan fingerprint density at radius 1 is 1.12 bits per heavy atom. The molecule has 2 saturated heterocycles. The lowest BCUT2D eigenvalue weighted by molar-refractivity contribution is 0.0187. The Hall–Kier alpha value is -2.20. The Balaban J connectivity index is 1.53. The molecule has 4 heteroatoms. The Morgan fingerprint density at radius 3 is 2.58 bits per heavy atom. The number of esters is 1. The highest BCUT2D eigenvalue weighted by molar-refractivity contribution is 5.89. The molecule has 2 aromatic rings. The summed E-state index contributed by atoms with van der Waals surface area (Å²) in [5.41, 5.74) is 1.73. The lowest BCUT2D eigenvalue weighted by Gasteiger charge is -2.43. The Kier molecular flexibility index (Phi) is 4.77. The fourth-order valence-corrected chi connectivity index (χ4v) is 4.73. The van der Waals surface area contributed by atoms with Crippen LogP contribution in [-0.2, 0) is 4.74 Å². The summed E-state index contributed by atoms with van der Waals surface area (Å²) >= 11 is 0. The lowest BCUT2D eigenvalue weighted by atomic mass is 9.76. The Bertz CT molecular complexity index is 761. The maximum absolute atomic E-state index is 13.3. The van der Waals surface area contributed by atoms with Gasteiger partial charge < -0.3 is 9.64 Å². The lowest BCUT2D eigenvalue weighted by Crippen LogP contribution is -2.47. The van der Waals surface area contributed by atoms with Crippen LogP contribution in [0.25, 0.3) is 0 Å². The van der Waals surface area contributed by atoms with Crippen LogP contribution in [0.5, 0.6) is 0 Å². The predicted octanol–water partition coefficient (Wildman–Crippen LogP) is 4.25. The van der Waals surface area contributed by atoms with Gasteiger partial charge in [0.15, 0.2) is 0 Å². The number of carbonyl (C=O) groups excluding carboxylic acids is 1. The second kappa shape index (κ2) is 7.20. The predicted molar refractivity (Wildman–Crippen MR) is 98.5 cm³/mol. The van der Waals surface area contributed by atoms with E-state index in [2.05, 4.69) is 11.9 Å². The van der Waals surface area contributed by atoms with Gasteiger partial charge >= 0.3 is 5.97 Å². The van der Waals surface area contributed by atoms with Crippen LogP contribution in [0.3, 0.4) is 0 Å². The first-order chi connectivity index (χ1) is 12.6. The van der Waals surface area contributed by atoms with Crippen molar-refractivity contribution in [2.24, 2.45) is 5.92 Å². The highest BCUT2D eigenvalue weighted by Crippen LogP contribution is 2.46. The van der Waals surface area contributed by atoms with Gasteiger partial charge in [-0.3, -0.25) is 0 Å². The molecule has 0 aliphatic carbocycles. The second-order valence-corrected chi connectivity index (χ2v) is 7.49. The third-order valence-corrected chi connectivity index (χ3v) is 6.15. The van der Waals surface area contributed by atoms with Gasteiger partial charge in [-0.1, -0.05) is 30.3 Å². The SMILES string of the molecule is CN1C2CC[C@H]1[C@H](COC(=O)c1ccccc1)[C@@H](c1ccc(F)cc1)C2. The van der Waals surface area contributed by atoms with Crippen molar-refractivity contribution in [1.82, 2.24) is 4.90 Å². The second-order valence-electron chi connectivity index (χ2n) is 7.49. The minimum absolute atomic E-state index is 0.211. The molecule has 4 atom stereocenters. The van der Waals surface area contributed by atoms with Gasteiger partial charge in [0.1, 0.15) is 5.82 Å². The van der Waals surface area contributed by atoms with Crippen molar-refractivity contribution in [2.45, 2.75) is 37.3 Å². The Morgan fingerprint density at radius 2 is 1.85 bits per heavy atom. The third kappa shape index (κ3) is 3.26. The van der Waals surface area contributed by atoms with Crippen molar-refractivity contribution >= 4 is 5.97 Å². The number of carbonyl (C=O) groups is 1. The van der Waals surface area contributed by atoms with Crippen LogP contribution in [0.2, 0.25) is 0 Å². The zero-order valence-electron chi connectivity index (χ0n) is 15.0. The monoisotopic (exact) mass is 353 g/mol. The molecular formula is C22H24FNO2. The molecule has 0 radical (unpaired) electrons. The van der Waals surface area contributed by atoms with Gasteiger partial charge in [0.05, 0.1) is 12.2 Å². The number of halogens is 1. The molecule has 2 fully saturated rings. The van der Waals surface area contributed by atoms with Crippen molar-refractivity contribution in [3.05, 3.63) is 71.5 Å². The van der Waals surface area contributed by atoms with Crippen molar-refractivity contribution in [3.8, 4) is 0 Å². The molecule has 0 N–H and O–H groups in total. The highest BCUT2D eigenvalue weighted by atomic mass is 19.1. The zero-order chi connectivity index (χ0) is 18.1. The van der Waals surface area contributed by atoms with Gasteiger partial charge in [-0.25, -0.2) is 9.18 Å². The van der Waals surface area contributed by atoms with E-state index in [9.17, 15) is 9.18 Å². The summed E-state index contributed by atoms with van der Waals surface area (Å²) in [6.07, 6.45) is 3.35.